The van der Waals surface area contributed by atoms with Gasteiger partial charge in [-0.3, -0.25) is 14.6 Å². The monoisotopic (exact) mass is 454 g/mol. The van der Waals surface area contributed by atoms with E-state index in [9.17, 15) is 14.7 Å². The predicted molar refractivity (Wildman–Crippen MR) is 111 cm³/mol. The van der Waals surface area contributed by atoms with Gasteiger partial charge in [0.1, 0.15) is 16.1 Å². The lowest BCUT2D eigenvalue weighted by Crippen LogP contribution is -2.55. The van der Waals surface area contributed by atoms with E-state index in [4.69, 9.17) is 28.3 Å². The molecule has 1 aliphatic rings. The largest absolute Gasteiger partial charge is 0.394 e. The number of halogens is 2. The lowest BCUT2D eigenvalue weighted by atomic mass is 10.0. The van der Waals surface area contributed by atoms with E-state index in [0.717, 1.165) is 4.70 Å². The van der Waals surface area contributed by atoms with Crippen molar-refractivity contribution < 1.29 is 19.8 Å². The van der Waals surface area contributed by atoms with Crippen molar-refractivity contribution in [3.05, 3.63) is 45.1 Å². The zero-order chi connectivity index (χ0) is 20.7. The quantitative estimate of drug-likeness (QED) is 0.469. The second kappa shape index (κ2) is 7.92. The number of carbonyl (C=O) groups excluding carboxylic acids is 2. The minimum absolute atomic E-state index is 0.104. The first-order chi connectivity index (χ1) is 13.9. The first-order valence-corrected chi connectivity index (χ1v) is 10.3. The highest BCUT2D eigenvalue weighted by atomic mass is 35.5. The second-order valence-electron chi connectivity index (χ2n) is 6.60. The van der Waals surface area contributed by atoms with Gasteiger partial charge in [0.2, 0.25) is 5.91 Å². The number of nitrogens with zero attached hydrogens (tertiary/aromatic N) is 2. The van der Waals surface area contributed by atoms with Crippen LogP contribution in [0.3, 0.4) is 0 Å². The highest BCUT2D eigenvalue weighted by molar-refractivity contribution is 7.23. The Morgan fingerprint density at radius 3 is 3.00 bits per heavy atom. The summed E-state index contributed by atoms with van der Waals surface area (Å²) in [6.45, 7) is -0.592. The fourth-order valence-electron chi connectivity index (χ4n) is 3.27. The van der Waals surface area contributed by atoms with Gasteiger partial charge in [0.15, 0.2) is 0 Å². The molecule has 1 aliphatic heterocycles. The zero-order valence-corrected chi connectivity index (χ0v) is 17.2. The Balaban J connectivity index is 1.58. The lowest BCUT2D eigenvalue weighted by Gasteiger charge is -2.34. The molecular weight excluding hydrogens is 439 g/mol. The number of nitrogens with one attached hydrogen (secondary N) is 2. The molecule has 0 bridgehead atoms. The molecule has 3 aromatic rings. The molecule has 11 heteroatoms. The molecule has 8 nitrogen and oxygen atoms in total. The first kappa shape index (κ1) is 20.1. The van der Waals surface area contributed by atoms with E-state index in [1.165, 1.54) is 16.2 Å². The number of thiophene rings is 1. The second-order valence-corrected chi connectivity index (χ2v) is 8.63. The van der Waals surface area contributed by atoms with Gasteiger partial charge in [-0.05, 0) is 18.2 Å². The van der Waals surface area contributed by atoms with Crippen molar-refractivity contribution in [3.63, 3.8) is 0 Å². The molecular formula is C18H16Cl2N4O4S. The molecule has 2 atom stereocenters. The van der Waals surface area contributed by atoms with Gasteiger partial charge in [-0.1, -0.05) is 23.2 Å². The van der Waals surface area contributed by atoms with Crippen LogP contribution < -0.4 is 10.2 Å². The van der Waals surface area contributed by atoms with Crippen LogP contribution in [-0.2, 0) is 11.2 Å². The van der Waals surface area contributed by atoms with Crippen LogP contribution in [0.1, 0.15) is 16.2 Å². The molecule has 0 saturated heterocycles. The molecule has 3 aromatic heterocycles. The van der Waals surface area contributed by atoms with E-state index in [1.54, 1.807) is 24.4 Å². The summed E-state index contributed by atoms with van der Waals surface area (Å²) in [5.41, 5.74) is 2.00. The van der Waals surface area contributed by atoms with Crippen LogP contribution in [-0.4, -0.2) is 57.3 Å². The van der Waals surface area contributed by atoms with E-state index in [0.29, 0.717) is 26.3 Å². The minimum atomic E-state index is -1.11. The third-order valence-electron chi connectivity index (χ3n) is 4.65. The number of hydrogen-bond acceptors (Lipinski definition) is 6. The van der Waals surface area contributed by atoms with E-state index >= 15 is 0 Å². The molecule has 4 heterocycles. The van der Waals surface area contributed by atoms with Crippen LogP contribution in [0.4, 0.5) is 5.69 Å². The summed E-state index contributed by atoms with van der Waals surface area (Å²) in [7, 11) is 0. The summed E-state index contributed by atoms with van der Waals surface area (Å²) in [6, 6.07) is 4.16. The summed E-state index contributed by atoms with van der Waals surface area (Å²) < 4.78 is 1.17. The molecule has 29 heavy (non-hydrogen) atoms. The van der Waals surface area contributed by atoms with Crippen molar-refractivity contribution >= 4 is 62.3 Å². The van der Waals surface area contributed by atoms with Gasteiger partial charge in [0.25, 0.3) is 5.91 Å². The average molecular weight is 455 g/mol. The van der Waals surface area contributed by atoms with Crippen molar-refractivity contribution in [2.75, 3.05) is 18.1 Å². The summed E-state index contributed by atoms with van der Waals surface area (Å²) in [4.78, 5) is 34.2. The average Bonchev–Trinajstić information content (AvgIpc) is 3.24. The normalized spacial score (nSPS) is 17.4. The van der Waals surface area contributed by atoms with Crippen LogP contribution in [0, 0.1) is 0 Å². The van der Waals surface area contributed by atoms with Crippen molar-refractivity contribution in [3.8, 4) is 0 Å². The number of aromatic amines is 1. The highest BCUT2D eigenvalue weighted by Gasteiger charge is 2.35. The third-order valence-corrected chi connectivity index (χ3v) is 6.58. The number of H-pyrrole nitrogens is 1. The molecule has 4 N–H and O–H groups in total. The van der Waals surface area contributed by atoms with Crippen LogP contribution in [0.2, 0.25) is 9.36 Å². The Labute approximate surface area is 179 Å². The van der Waals surface area contributed by atoms with E-state index in [1.807, 2.05) is 0 Å². The fourth-order valence-corrected chi connectivity index (χ4v) is 4.75. The lowest BCUT2D eigenvalue weighted by molar-refractivity contribution is -0.121. The maximum atomic E-state index is 13.0. The van der Waals surface area contributed by atoms with Gasteiger partial charge in [-0.25, -0.2) is 0 Å². The van der Waals surface area contributed by atoms with Gasteiger partial charge >= 0.3 is 0 Å². The number of β-amino-alcohol motifs (C(OH)–C–C–N with tert-alkyl or cyclic N) is 1. The highest BCUT2D eigenvalue weighted by Crippen LogP contribution is 2.38. The maximum Gasteiger partial charge on any atom is 0.268 e. The van der Waals surface area contributed by atoms with Crippen molar-refractivity contribution in [2.45, 2.75) is 18.6 Å². The van der Waals surface area contributed by atoms with Gasteiger partial charge < -0.3 is 25.4 Å². The van der Waals surface area contributed by atoms with Gasteiger partial charge in [-0.2, -0.15) is 0 Å². The van der Waals surface area contributed by atoms with Crippen molar-refractivity contribution in [1.29, 1.82) is 0 Å². The first-order valence-electron chi connectivity index (χ1n) is 8.70. The topological polar surface area (TPSA) is 119 Å². The van der Waals surface area contributed by atoms with Crippen LogP contribution >= 0.6 is 34.5 Å². The van der Waals surface area contributed by atoms with Gasteiger partial charge in [-0.15, -0.1) is 11.3 Å². The number of rotatable bonds is 5. The minimum Gasteiger partial charge on any atom is -0.394 e. The summed E-state index contributed by atoms with van der Waals surface area (Å²) in [6.07, 6.45) is 0.705. The molecule has 152 valence electrons. The molecule has 0 aliphatic carbocycles. The smallest absolute Gasteiger partial charge is 0.268 e. The number of aliphatic hydroxyl groups excluding tert-OH is 2. The van der Waals surface area contributed by atoms with E-state index in [2.05, 4.69) is 15.3 Å². The standard InChI is InChI=1S/C18H16Cl2N4O4S/c19-14-15-13(29-16(14)20)5-10(22-15)17(27)23-11-4-9-12(2-1-3-21-9)24(18(11)28)6-8(26)7-25/h1-3,5,8,11,22,25-26H,4,6-7H2,(H,23,27)/t8-,11+/m1/s1. The van der Waals surface area contributed by atoms with Crippen molar-refractivity contribution in [1.82, 2.24) is 15.3 Å². The van der Waals surface area contributed by atoms with Gasteiger partial charge in [0, 0.05) is 12.6 Å². The third kappa shape index (κ3) is 3.72. The Hall–Kier alpha value is -2.17. The zero-order valence-electron chi connectivity index (χ0n) is 14.9. The van der Waals surface area contributed by atoms with Gasteiger partial charge in [0.05, 0.1) is 45.9 Å². The molecule has 0 radical (unpaired) electrons. The summed E-state index contributed by atoms with van der Waals surface area (Å²) >= 11 is 13.4. The molecule has 2 amide bonds. The SMILES string of the molecule is O=C(N[C@H]1Cc2ncccc2N(C[C@@H](O)CO)C1=O)c1cc2sc(Cl)c(Cl)c2[nH]1. The number of hydrogen-bond donors (Lipinski definition) is 4. The molecule has 0 aromatic carbocycles. The van der Waals surface area contributed by atoms with Crippen molar-refractivity contribution in [2.24, 2.45) is 0 Å². The number of amides is 2. The number of aromatic nitrogens is 2. The summed E-state index contributed by atoms with van der Waals surface area (Å²) in [5, 5.41) is 22.0. The van der Waals surface area contributed by atoms with Crippen LogP contribution in [0.5, 0.6) is 0 Å². The Morgan fingerprint density at radius 1 is 1.48 bits per heavy atom. The fraction of sp³-hybridized carbons (Fsp3) is 0.278. The molecule has 0 fully saturated rings. The van der Waals surface area contributed by atoms with Crippen LogP contribution in [0.15, 0.2) is 24.4 Å². The molecule has 0 spiro atoms. The maximum absolute atomic E-state index is 13.0. The number of pyridine rings is 1. The number of anilines is 1. The van der Waals surface area contributed by atoms with E-state index in [-0.39, 0.29) is 24.6 Å². The van der Waals surface area contributed by atoms with E-state index < -0.39 is 24.7 Å². The number of fused-ring (bicyclic) bond motifs is 2. The predicted octanol–water partition coefficient (Wildman–Crippen LogP) is 1.97. The number of aliphatic hydroxyl groups is 2. The Bertz CT molecular complexity index is 1100. The number of carbonyl (C=O) groups is 2. The molecule has 0 saturated carbocycles. The molecule has 0 unspecified atom stereocenters. The molecule has 4 rings (SSSR count). The summed E-state index contributed by atoms with van der Waals surface area (Å²) in [5.74, 6) is -0.859. The van der Waals surface area contributed by atoms with Crippen LogP contribution in [0.25, 0.3) is 10.2 Å². The Kier molecular flexibility index (Phi) is 5.50. The Morgan fingerprint density at radius 2 is 2.28 bits per heavy atom.